The van der Waals surface area contributed by atoms with Gasteiger partial charge in [-0.15, -0.1) is 11.3 Å². The highest BCUT2D eigenvalue weighted by atomic mass is 32.1. The summed E-state index contributed by atoms with van der Waals surface area (Å²) in [6.07, 6.45) is 2.36. The minimum atomic E-state index is 0.832. The number of benzene rings is 1. The molecular formula is C17H23NOS. The standard InChI is InChI=1S/C17H23NOS/c1-14-4-7-18(13-14)8-10-19-9-5-15-2-3-17-16(12-15)6-11-20-17/h2-3,6,11-12,14H,4-5,7-10,13H2,1H3. The van der Waals surface area contributed by atoms with E-state index >= 15 is 0 Å². The molecule has 1 aliphatic rings. The lowest BCUT2D eigenvalue weighted by Gasteiger charge is -2.15. The normalized spacial score (nSPS) is 19.9. The second kappa shape index (κ2) is 6.70. The highest BCUT2D eigenvalue weighted by Crippen LogP contribution is 2.21. The second-order valence-corrected chi connectivity index (χ2v) is 6.80. The van der Waals surface area contributed by atoms with Crippen molar-refractivity contribution in [2.24, 2.45) is 5.92 Å². The molecule has 1 unspecified atom stereocenters. The van der Waals surface area contributed by atoms with Gasteiger partial charge in [0, 0.05) is 17.8 Å². The molecule has 1 aliphatic heterocycles. The molecule has 0 N–H and O–H groups in total. The quantitative estimate of drug-likeness (QED) is 0.750. The molecule has 1 atom stereocenters. The van der Waals surface area contributed by atoms with Crippen LogP contribution in [0.3, 0.4) is 0 Å². The Hall–Kier alpha value is -0.900. The molecular weight excluding hydrogens is 266 g/mol. The Morgan fingerprint density at radius 2 is 2.25 bits per heavy atom. The van der Waals surface area contributed by atoms with Crippen molar-refractivity contribution < 1.29 is 4.74 Å². The zero-order chi connectivity index (χ0) is 13.8. The van der Waals surface area contributed by atoms with Crippen molar-refractivity contribution in [3.05, 3.63) is 35.2 Å². The maximum Gasteiger partial charge on any atom is 0.0593 e. The van der Waals surface area contributed by atoms with Crippen molar-refractivity contribution in [3.63, 3.8) is 0 Å². The lowest BCUT2D eigenvalue weighted by Crippen LogP contribution is -2.25. The molecule has 1 aromatic carbocycles. The Morgan fingerprint density at radius 1 is 1.30 bits per heavy atom. The summed E-state index contributed by atoms with van der Waals surface area (Å²) in [4.78, 5) is 2.52. The third-order valence-electron chi connectivity index (χ3n) is 4.11. The minimum absolute atomic E-state index is 0.832. The van der Waals surface area contributed by atoms with Gasteiger partial charge in [0.15, 0.2) is 0 Å². The first-order valence-corrected chi connectivity index (χ1v) is 8.45. The lowest BCUT2D eigenvalue weighted by molar-refractivity contribution is 0.112. The summed E-state index contributed by atoms with van der Waals surface area (Å²) in [5, 5.41) is 3.51. The highest BCUT2D eigenvalue weighted by Gasteiger charge is 2.17. The topological polar surface area (TPSA) is 12.5 Å². The fourth-order valence-electron chi connectivity index (χ4n) is 2.89. The van der Waals surface area contributed by atoms with Crippen LogP contribution in [0, 0.1) is 5.92 Å². The number of rotatable bonds is 6. The molecule has 1 fully saturated rings. The van der Waals surface area contributed by atoms with Gasteiger partial charge >= 0.3 is 0 Å². The summed E-state index contributed by atoms with van der Waals surface area (Å²) >= 11 is 1.81. The van der Waals surface area contributed by atoms with Crippen molar-refractivity contribution in [2.75, 3.05) is 32.8 Å². The number of hydrogen-bond acceptors (Lipinski definition) is 3. The Labute approximate surface area is 125 Å². The SMILES string of the molecule is CC1CCN(CCOCCc2ccc3sccc3c2)C1. The van der Waals surface area contributed by atoms with Crippen LogP contribution in [0.25, 0.3) is 10.1 Å². The molecule has 0 radical (unpaired) electrons. The molecule has 1 aromatic heterocycles. The Bertz CT molecular complexity index is 551. The first kappa shape index (κ1) is 14.1. The predicted molar refractivity (Wildman–Crippen MR) is 86.6 cm³/mol. The average molecular weight is 289 g/mol. The Kier molecular flexibility index (Phi) is 4.71. The molecule has 2 aromatic rings. The van der Waals surface area contributed by atoms with Crippen LogP contribution in [0.2, 0.25) is 0 Å². The Balaban J connectivity index is 1.37. The van der Waals surface area contributed by atoms with Crippen LogP contribution in [-0.2, 0) is 11.2 Å². The molecule has 3 heteroatoms. The third-order valence-corrected chi connectivity index (χ3v) is 5.01. The van der Waals surface area contributed by atoms with Gasteiger partial charge < -0.3 is 9.64 Å². The second-order valence-electron chi connectivity index (χ2n) is 5.85. The fraction of sp³-hybridized carbons (Fsp3) is 0.529. The minimum Gasteiger partial charge on any atom is -0.380 e. The smallest absolute Gasteiger partial charge is 0.0593 e. The fourth-order valence-corrected chi connectivity index (χ4v) is 3.66. The van der Waals surface area contributed by atoms with Crippen LogP contribution in [-0.4, -0.2) is 37.7 Å². The number of hydrogen-bond donors (Lipinski definition) is 0. The van der Waals surface area contributed by atoms with E-state index in [1.54, 1.807) is 11.3 Å². The van der Waals surface area contributed by atoms with E-state index in [-0.39, 0.29) is 0 Å². The van der Waals surface area contributed by atoms with E-state index in [1.807, 2.05) is 0 Å². The number of nitrogens with zero attached hydrogens (tertiary/aromatic N) is 1. The van der Waals surface area contributed by atoms with E-state index in [9.17, 15) is 0 Å². The molecule has 1 saturated heterocycles. The van der Waals surface area contributed by atoms with Crippen LogP contribution < -0.4 is 0 Å². The van der Waals surface area contributed by atoms with Gasteiger partial charge in [-0.2, -0.15) is 0 Å². The predicted octanol–water partition coefficient (Wildman–Crippen LogP) is 3.80. The van der Waals surface area contributed by atoms with Crippen molar-refractivity contribution in [2.45, 2.75) is 19.8 Å². The highest BCUT2D eigenvalue weighted by molar-refractivity contribution is 7.17. The molecule has 20 heavy (non-hydrogen) atoms. The molecule has 0 aliphatic carbocycles. The molecule has 2 heterocycles. The first-order valence-electron chi connectivity index (χ1n) is 7.57. The molecule has 3 rings (SSSR count). The maximum absolute atomic E-state index is 5.79. The summed E-state index contributed by atoms with van der Waals surface area (Å²) in [5.41, 5.74) is 1.38. The summed E-state index contributed by atoms with van der Waals surface area (Å²) in [6, 6.07) is 8.93. The first-order chi connectivity index (χ1) is 9.81. The van der Waals surface area contributed by atoms with E-state index in [0.717, 1.165) is 32.1 Å². The number of thiophene rings is 1. The molecule has 0 saturated carbocycles. The van der Waals surface area contributed by atoms with Crippen LogP contribution in [0.1, 0.15) is 18.9 Å². The molecule has 2 nitrogen and oxygen atoms in total. The van der Waals surface area contributed by atoms with E-state index in [0.29, 0.717) is 0 Å². The summed E-state index contributed by atoms with van der Waals surface area (Å²) in [5.74, 6) is 0.868. The van der Waals surface area contributed by atoms with Crippen LogP contribution in [0.5, 0.6) is 0 Å². The zero-order valence-electron chi connectivity index (χ0n) is 12.2. The van der Waals surface area contributed by atoms with Gasteiger partial charge in [0.25, 0.3) is 0 Å². The average Bonchev–Trinajstić information content (AvgIpc) is 3.06. The lowest BCUT2D eigenvalue weighted by atomic mass is 10.1. The number of fused-ring (bicyclic) bond motifs is 1. The number of ether oxygens (including phenoxy) is 1. The van der Waals surface area contributed by atoms with E-state index in [1.165, 1.54) is 35.2 Å². The summed E-state index contributed by atoms with van der Waals surface area (Å²) < 4.78 is 7.16. The summed E-state index contributed by atoms with van der Waals surface area (Å²) in [7, 11) is 0. The van der Waals surface area contributed by atoms with Gasteiger partial charge in [-0.25, -0.2) is 0 Å². The number of likely N-dealkylation sites (tertiary alicyclic amines) is 1. The van der Waals surface area contributed by atoms with E-state index < -0.39 is 0 Å². The van der Waals surface area contributed by atoms with Crippen molar-refractivity contribution in [1.29, 1.82) is 0 Å². The van der Waals surface area contributed by atoms with Crippen LogP contribution in [0.15, 0.2) is 29.6 Å². The van der Waals surface area contributed by atoms with Gasteiger partial charge in [0.05, 0.1) is 13.2 Å². The molecule has 0 amide bonds. The van der Waals surface area contributed by atoms with Gasteiger partial charge in [-0.05, 0) is 53.8 Å². The van der Waals surface area contributed by atoms with Gasteiger partial charge in [-0.3, -0.25) is 0 Å². The van der Waals surface area contributed by atoms with Crippen molar-refractivity contribution in [1.82, 2.24) is 4.90 Å². The van der Waals surface area contributed by atoms with Crippen molar-refractivity contribution >= 4 is 21.4 Å². The monoisotopic (exact) mass is 289 g/mol. The summed E-state index contributed by atoms with van der Waals surface area (Å²) in [6.45, 7) is 7.62. The van der Waals surface area contributed by atoms with Gasteiger partial charge in [0.1, 0.15) is 0 Å². The molecule has 108 valence electrons. The van der Waals surface area contributed by atoms with Crippen molar-refractivity contribution in [3.8, 4) is 0 Å². The van der Waals surface area contributed by atoms with E-state index in [4.69, 9.17) is 4.74 Å². The maximum atomic E-state index is 5.79. The Morgan fingerprint density at radius 3 is 3.10 bits per heavy atom. The third kappa shape index (κ3) is 3.60. The molecule has 0 bridgehead atoms. The van der Waals surface area contributed by atoms with E-state index in [2.05, 4.69) is 41.5 Å². The van der Waals surface area contributed by atoms with Crippen LogP contribution >= 0.6 is 11.3 Å². The zero-order valence-corrected chi connectivity index (χ0v) is 13.0. The van der Waals surface area contributed by atoms with Gasteiger partial charge in [-0.1, -0.05) is 19.1 Å². The van der Waals surface area contributed by atoms with Crippen LogP contribution in [0.4, 0.5) is 0 Å². The molecule has 0 spiro atoms. The largest absolute Gasteiger partial charge is 0.380 e. The van der Waals surface area contributed by atoms with Gasteiger partial charge in [0.2, 0.25) is 0 Å².